The zero-order valence-corrected chi connectivity index (χ0v) is 8.35. The summed E-state index contributed by atoms with van der Waals surface area (Å²) >= 11 is 1.34. The lowest BCUT2D eigenvalue weighted by Gasteiger charge is -2.05. The second-order valence-electron chi connectivity index (χ2n) is 2.44. The number of esters is 1. The van der Waals surface area contributed by atoms with Gasteiger partial charge in [0.25, 0.3) is 0 Å². The predicted octanol–water partition coefficient (Wildman–Crippen LogP) is 1.27. The number of nitriles is 1. The Kier molecular flexibility index (Phi) is 3.20. The second kappa shape index (κ2) is 4.19. The van der Waals surface area contributed by atoms with Crippen molar-refractivity contribution in [2.75, 3.05) is 12.5 Å². The number of hydrogen-bond donors (Lipinski definition) is 0. The highest BCUT2D eigenvalue weighted by atomic mass is 32.2. The summed E-state index contributed by atoms with van der Waals surface area (Å²) in [4.78, 5) is 13.3. The largest absolute Gasteiger partial charge is 0.462 e. The minimum absolute atomic E-state index is 0.331. The van der Waals surface area contributed by atoms with Gasteiger partial charge in [-0.05, 0) is 13.8 Å². The first-order valence-electron chi connectivity index (χ1n) is 3.88. The standard InChI is InChI=1S/C8H10N2O2S/c1-3-12-8(11)7-6(2)10(4-9)5-13-7/h3,5H2,1-2H3. The van der Waals surface area contributed by atoms with Crippen molar-refractivity contribution in [3.63, 3.8) is 0 Å². The molecule has 1 aliphatic rings. The van der Waals surface area contributed by atoms with Gasteiger partial charge in [0.2, 0.25) is 0 Å². The highest BCUT2D eigenvalue weighted by Crippen LogP contribution is 2.31. The number of thioether (sulfide) groups is 1. The predicted molar refractivity (Wildman–Crippen MR) is 49.2 cm³/mol. The molecule has 0 aliphatic carbocycles. The molecule has 1 rings (SSSR count). The van der Waals surface area contributed by atoms with Crippen LogP contribution in [0.3, 0.4) is 0 Å². The molecule has 0 aromatic rings. The smallest absolute Gasteiger partial charge is 0.346 e. The van der Waals surface area contributed by atoms with Crippen LogP contribution < -0.4 is 0 Å². The lowest BCUT2D eigenvalue weighted by atomic mass is 10.4. The second-order valence-corrected chi connectivity index (χ2v) is 3.39. The lowest BCUT2D eigenvalue weighted by molar-refractivity contribution is -0.137. The third-order valence-corrected chi connectivity index (χ3v) is 2.79. The Morgan fingerprint density at radius 1 is 1.85 bits per heavy atom. The lowest BCUT2D eigenvalue weighted by Crippen LogP contribution is -2.10. The van der Waals surface area contributed by atoms with Gasteiger partial charge in [-0.1, -0.05) is 11.8 Å². The Bertz CT molecular complexity index is 293. The SMILES string of the molecule is CCOC(=O)C1=C(C)N(C#N)CS1. The van der Waals surface area contributed by atoms with Crippen molar-refractivity contribution in [1.29, 1.82) is 5.26 Å². The average molecular weight is 198 g/mol. The third kappa shape index (κ3) is 1.95. The van der Waals surface area contributed by atoms with E-state index in [1.807, 2.05) is 6.19 Å². The van der Waals surface area contributed by atoms with E-state index in [2.05, 4.69) is 0 Å². The number of ether oxygens (including phenoxy) is 1. The fraction of sp³-hybridized carbons (Fsp3) is 0.500. The Hall–Kier alpha value is -1.15. The monoisotopic (exact) mass is 198 g/mol. The molecular formula is C8H10N2O2S. The van der Waals surface area contributed by atoms with Crippen LogP contribution >= 0.6 is 11.8 Å². The molecule has 0 atom stereocenters. The number of carbonyl (C=O) groups is 1. The van der Waals surface area contributed by atoms with Crippen molar-refractivity contribution in [3.05, 3.63) is 10.6 Å². The van der Waals surface area contributed by atoms with Gasteiger partial charge in [-0.15, -0.1) is 0 Å². The molecule has 0 aromatic carbocycles. The Morgan fingerprint density at radius 3 is 3.00 bits per heavy atom. The molecule has 0 radical (unpaired) electrons. The fourth-order valence-electron chi connectivity index (χ4n) is 0.960. The molecule has 70 valence electrons. The fourth-order valence-corrected chi connectivity index (χ4v) is 1.97. The van der Waals surface area contributed by atoms with Gasteiger partial charge in [0.1, 0.15) is 4.91 Å². The Labute approximate surface area is 81.1 Å². The summed E-state index contributed by atoms with van der Waals surface area (Å²) in [5.41, 5.74) is 0.686. The summed E-state index contributed by atoms with van der Waals surface area (Å²) in [5.74, 6) is 0.180. The summed E-state index contributed by atoms with van der Waals surface area (Å²) in [6, 6.07) is 0. The molecular weight excluding hydrogens is 188 g/mol. The molecule has 0 aromatic heterocycles. The molecule has 4 nitrogen and oxygen atoms in total. The van der Waals surface area contributed by atoms with Crippen LogP contribution in [0.15, 0.2) is 10.6 Å². The number of allylic oxidation sites excluding steroid dienone is 1. The molecule has 0 saturated carbocycles. The van der Waals surface area contributed by atoms with Crippen molar-refractivity contribution in [2.45, 2.75) is 13.8 Å². The van der Waals surface area contributed by atoms with Gasteiger partial charge in [0, 0.05) is 5.70 Å². The van der Waals surface area contributed by atoms with Crippen molar-refractivity contribution >= 4 is 17.7 Å². The van der Waals surface area contributed by atoms with Crippen LogP contribution in [-0.4, -0.2) is 23.4 Å². The normalized spacial score (nSPS) is 15.9. The molecule has 0 bridgehead atoms. The van der Waals surface area contributed by atoms with Gasteiger partial charge in [0.15, 0.2) is 6.19 Å². The van der Waals surface area contributed by atoms with E-state index < -0.39 is 0 Å². The van der Waals surface area contributed by atoms with Gasteiger partial charge in [-0.2, -0.15) is 5.26 Å². The maximum atomic E-state index is 11.3. The molecule has 1 heterocycles. The summed E-state index contributed by atoms with van der Waals surface area (Å²) in [6.07, 6.45) is 1.99. The number of carbonyl (C=O) groups excluding carboxylic acids is 1. The van der Waals surface area contributed by atoms with E-state index in [1.165, 1.54) is 16.7 Å². The van der Waals surface area contributed by atoms with E-state index in [4.69, 9.17) is 10.00 Å². The molecule has 0 saturated heterocycles. The van der Waals surface area contributed by atoms with E-state index in [1.54, 1.807) is 13.8 Å². The highest BCUT2D eigenvalue weighted by molar-refractivity contribution is 8.04. The summed E-state index contributed by atoms with van der Waals surface area (Å²) in [5, 5.41) is 8.64. The van der Waals surface area contributed by atoms with Crippen LogP contribution in [0.1, 0.15) is 13.8 Å². The number of hydrogen-bond acceptors (Lipinski definition) is 5. The first-order valence-corrected chi connectivity index (χ1v) is 4.87. The number of nitrogens with zero attached hydrogens (tertiary/aromatic N) is 2. The van der Waals surface area contributed by atoms with E-state index >= 15 is 0 Å². The molecule has 0 spiro atoms. The Balaban J connectivity index is 2.76. The molecule has 5 heteroatoms. The third-order valence-electron chi connectivity index (χ3n) is 1.65. The van der Waals surface area contributed by atoms with Crippen LogP contribution in [0.2, 0.25) is 0 Å². The van der Waals surface area contributed by atoms with Gasteiger partial charge >= 0.3 is 5.97 Å². The van der Waals surface area contributed by atoms with Crippen LogP contribution in [0.5, 0.6) is 0 Å². The summed E-state index contributed by atoms with van der Waals surface area (Å²) in [6.45, 7) is 3.87. The van der Waals surface area contributed by atoms with Gasteiger partial charge in [-0.25, -0.2) is 4.79 Å². The molecule has 0 amide bonds. The maximum Gasteiger partial charge on any atom is 0.346 e. The average Bonchev–Trinajstić information content (AvgIpc) is 2.47. The van der Waals surface area contributed by atoms with E-state index in [-0.39, 0.29) is 5.97 Å². The van der Waals surface area contributed by atoms with E-state index in [9.17, 15) is 4.79 Å². The number of rotatable bonds is 2. The minimum atomic E-state index is -0.331. The van der Waals surface area contributed by atoms with Crippen LogP contribution in [0.4, 0.5) is 0 Å². The van der Waals surface area contributed by atoms with Crippen LogP contribution in [-0.2, 0) is 9.53 Å². The van der Waals surface area contributed by atoms with Crippen LogP contribution in [0, 0.1) is 11.5 Å². The van der Waals surface area contributed by atoms with Gasteiger partial charge < -0.3 is 4.74 Å². The van der Waals surface area contributed by atoms with E-state index in [0.29, 0.717) is 23.1 Å². The van der Waals surface area contributed by atoms with Crippen molar-refractivity contribution in [3.8, 4) is 6.19 Å². The summed E-state index contributed by atoms with van der Waals surface area (Å²) in [7, 11) is 0. The molecule has 0 N–H and O–H groups in total. The zero-order valence-electron chi connectivity index (χ0n) is 7.53. The highest BCUT2D eigenvalue weighted by Gasteiger charge is 2.25. The molecule has 0 fully saturated rings. The minimum Gasteiger partial charge on any atom is -0.462 e. The van der Waals surface area contributed by atoms with Gasteiger partial charge in [-0.3, -0.25) is 4.90 Å². The molecule has 0 unspecified atom stereocenters. The summed E-state index contributed by atoms with van der Waals surface area (Å²) < 4.78 is 4.84. The maximum absolute atomic E-state index is 11.3. The first kappa shape index (κ1) is 9.93. The van der Waals surface area contributed by atoms with Crippen molar-refractivity contribution in [1.82, 2.24) is 4.90 Å². The van der Waals surface area contributed by atoms with Crippen molar-refractivity contribution < 1.29 is 9.53 Å². The van der Waals surface area contributed by atoms with E-state index in [0.717, 1.165) is 0 Å². The molecule has 1 aliphatic heterocycles. The zero-order chi connectivity index (χ0) is 9.84. The Morgan fingerprint density at radius 2 is 2.54 bits per heavy atom. The first-order chi connectivity index (χ1) is 6.20. The quantitative estimate of drug-likeness (QED) is 0.494. The van der Waals surface area contributed by atoms with Crippen molar-refractivity contribution in [2.24, 2.45) is 0 Å². The van der Waals surface area contributed by atoms with Gasteiger partial charge in [0.05, 0.1) is 12.5 Å². The topological polar surface area (TPSA) is 53.3 Å². The van der Waals surface area contributed by atoms with Crippen LogP contribution in [0.25, 0.3) is 0 Å². The molecule has 13 heavy (non-hydrogen) atoms.